The molecule has 0 saturated heterocycles. The molecule has 1 amide bonds. The Kier molecular flexibility index (Phi) is 3.72. The summed E-state index contributed by atoms with van der Waals surface area (Å²) in [4.78, 5) is 16.2. The summed E-state index contributed by atoms with van der Waals surface area (Å²) in [5, 5.41) is 2.92. The summed E-state index contributed by atoms with van der Waals surface area (Å²) in [6.45, 7) is 3.96. The number of carbonyl (C=O) groups is 1. The highest BCUT2D eigenvalue weighted by molar-refractivity contribution is 6.04. The highest BCUT2D eigenvalue weighted by Gasteiger charge is 2.08. The molecular weight excluding hydrogens is 224 g/mol. The van der Waals surface area contributed by atoms with Crippen molar-refractivity contribution in [3.63, 3.8) is 0 Å². The minimum Gasteiger partial charge on any atom is -0.322 e. The lowest BCUT2D eigenvalue weighted by atomic mass is 10.1. The summed E-state index contributed by atoms with van der Waals surface area (Å²) in [5.41, 5.74) is 3.48. The van der Waals surface area contributed by atoms with Crippen molar-refractivity contribution in [2.45, 2.75) is 20.3 Å². The van der Waals surface area contributed by atoms with Crippen LogP contribution in [-0.2, 0) is 6.42 Å². The first-order chi connectivity index (χ1) is 8.70. The van der Waals surface area contributed by atoms with Gasteiger partial charge in [-0.3, -0.25) is 9.78 Å². The molecule has 18 heavy (non-hydrogen) atoms. The fourth-order valence-electron chi connectivity index (χ4n) is 1.75. The van der Waals surface area contributed by atoms with E-state index in [1.165, 1.54) is 0 Å². The summed E-state index contributed by atoms with van der Waals surface area (Å²) >= 11 is 0. The van der Waals surface area contributed by atoms with Gasteiger partial charge in [0.2, 0.25) is 0 Å². The van der Waals surface area contributed by atoms with Crippen LogP contribution in [0.15, 0.2) is 42.6 Å². The number of para-hydroxylation sites is 1. The SMILES string of the molecule is CCc1ccccc1NC(=O)c1ccc(C)nc1. The maximum Gasteiger partial charge on any atom is 0.257 e. The lowest BCUT2D eigenvalue weighted by molar-refractivity contribution is 0.102. The standard InChI is InChI=1S/C15H16N2O/c1-3-12-6-4-5-7-14(12)17-15(18)13-9-8-11(2)16-10-13/h4-10H,3H2,1-2H3,(H,17,18). The van der Waals surface area contributed by atoms with Crippen LogP contribution in [0.4, 0.5) is 5.69 Å². The molecule has 0 spiro atoms. The number of hydrogen-bond donors (Lipinski definition) is 1. The summed E-state index contributed by atoms with van der Waals surface area (Å²) < 4.78 is 0. The molecular formula is C15H16N2O. The van der Waals surface area contributed by atoms with E-state index >= 15 is 0 Å². The van der Waals surface area contributed by atoms with Gasteiger partial charge >= 0.3 is 0 Å². The fraction of sp³-hybridized carbons (Fsp3) is 0.200. The van der Waals surface area contributed by atoms with Gasteiger partial charge in [-0.25, -0.2) is 0 Å². The Balaban J connectivity index is 2.18. The van der Waals surface area contributed by atoms with E-state index in [1.54, 1.807) is 12.3 Å². The first-order valence-electron chi connectivity index (χ1n) is 6.02. The highest BCUT2D eigenvalue weighted by atomic mass is 16.1. The van der Waals surface area contributed by atoms with Crippen molar-refractivity contribution < 1.29 is 4.79 Å². The zero-order valence-corrected chi connectivity index (χ0v) is 10.6. The predicted molar refractivity (Wildman–Crippen MR) is 72.7 cm³/mol. The molecule has 0 fully saturated rings. The number of carbonyl (C=O) groups excluding carboxylic acids is 1. The molecule has 0 aliphatic heterocycles. The molecule has 2 aromatic rings. The van der Waals surface area contributed by atoms with E-state index in [9.17, 15) is 4.79 Å². The molecule has 0 aliphatic rings. The first-order valence-corrected chi connectivity index (χ1v) is 6.02. The minimum atomic E-state index is -0.122. The number of pyridine rings is 1. The lowest BCUT2D eigenvalue weighted by Crippen LogP contribution is -2.13. The maximum absolute atomic E-state index is 12.0. The largest absolute Gasteiger partial charge is 0.322 e. The number of benzene rings is 1. The first kappa shape index (κ1) is 12.3. The monoisotopic (exact) mass is 240 g/mol. The van der Waals surface area contributed by atoms with Gasteiger partial charge in [-0.2, -0.15) is 0 Å². The molecule has 1 aromatic carbocycles. The molecule has 0 bridgehead atoms. The molecule has 0 radical (unpaired) electrons. The Bertz CT molecular complexity index is 547. The van der Waals surface area contributed by atoms with Crippen LogP contribution in [0.1, 0.15) is 28.5 Å². The number of amides is 1. The van der Waals surface area contributed by atoms with Crippen molar-refractivity contribution in [3.8, 4) is 0 Å². The van der Waals surface area contributed by atoms with E-state index in [0.29, 0.717) is 5.56 Å². The average Bonchev–Trinajstić information content (AvgIpc) is 2.40. The van der Waals surface area contributed by atoms with Crippen LogP contribution in [0.2, 0.25) is 0 Å². The van der Waals surface area contributed by atoms with E-state index in [1.807, 2.05) is 37.3 Å². The molecule has 0 unspecified atom stereocenters. The number of hydrogen-bond acceptors (Lipinski definition) is 2. The number of rotatable bonds is 3. The van der Waals surface area contributed by atoms with Crippen molar-refractivity contribution >= 4 is 11.6 Å². The van der Waals surface area contributed by atoms with E-state index in [0.717, 1.165) is 23.4 Å². The van der Waals surface area contributed by atoms with Crippen molar-refractivity contribution in [1.29, 1.82) is 0 Å². The Morgan fingerprint density at radius 1 is 1.22 bits per heavy atom. The smallest absolute Gasteiger partial charge is 0.257 e. The highest BCUT2D eigenvalue weighted by Crippen LogP contribution is 2.16. The number of aromatic nitrogens is 1. The average molecular weight is 240 g/mol. The molecule has 3 heteroatoms. The maximum atomic E-state index is 12.0. The van der Waals surface area contributed by atoms with Crippen LogP contribution in [0.3, 0.4) is 0 Å². The van der Waals surface area contributed by atoms with Crippen molar-refractivity contribution in [3.05, 3.63) is 59.4 Å². The van der Waals surface area contributed by atoms with Gasteiger partial charge in [0.25, 0.3) is 5.91 Å². The van der Waals surface area contributed by atoms with Crippen LogP contribution in [0.25, 0.3) is 0 Å². The van der Waals surface area contributed by atoms with Gasteiger partial charge in [0.1, 0.15) is 0 Å². The quantitative estimate of drug-likeness (QED) is 0.895. The van der Waals surface area contributed by atoms with E-state index in [2.05, 4.69) is 17.2 Å². The summed E-state index contributed by atoms with van der Waals surface area (Å²) in [6, 6.07) is 11.4. The van der Waals surface area contributed by atoms with Crippen LogP contribution in [0.5, 0.6) is 0 Å². The molecule has 1 heterocycles. The second kappa shape index (κ2) is 5.45. The molecule has 0 aliphatic carbocycles. The fourth-order valence-corrected chi connectivity index (χ4v) is 1.75. The molecule has 0 atom stereocenters. The van der Waals surface area contributed by atoms with Crippen molar-refractivity contribution in [2.24, 2.45) is 0 Å². The number of nitrogens with zero attached hydrogens (tertiary/aromatic N) is 1. The zero-order chi connectivity index (χ0) is 13.0. The van der Waals surface area contributed by atoms with Crippen LogP contribution in [-0.4, -0.2) is 10.9 Å². The lowest BCUT2D eigenvalue weighted by Gasteiger charge is -2.09. The summed E-state index contributed by atoms with van der Waals surface area (Å²) in [7, 11) is 0. The zero-order valence-electron chi connectivity index (χ0n) is 10.6. The Labute approximate surface area is 107 Å². The molecule has 1 aromatic heterocycles. The normalized spacial score (nSPS) is 10.1. The molecule has 1 N–H and O–H groups in total. The van der Waals surface area contributed by atoms with E-state index in [-0.39, 0.29) is 5.91 Å². The molecule has 3 nitrogen and oxygen atoms in total. The minimum absolute atomic E-state index is 0.122. The van der Waals surface area contributed by atoms with E-state index < -0.39 is 0 Å². The van der Waals surface area contributed by atoms with Crippen LogP contribution < -0.4 is 5.32 Å². The van der Waals surface area contributed by atoms with Gasteiger partial charge in [0.05, 0.1) is 5.56 Å². The number of anilines is 1. The third kappa shape index (κ3) is 2.74. The summed E-state index contributed by atoms with van der Waals surface area (Å²) in [6.07, 6.45) is 2.49. The number of nitrogens with one attached hydrogen (secondary N) is 1. The Morgan fingerprint density at radius 2 is 2.00 bits per heavy atom. The third-order valence-electron chi connectivity index (χ3n) is 2.82. The second-order valence-corrected chi connectivity index (χ2v) is 4.15. The molecule has 0 saturated carbocycles. The topological polar surface area (TPSA) is 42.0 Å². The van der Waals surface area contributed by atoms with Crippen molar-refractivity contribution in [1.82, 2.24) is 4.98 Å². The molecule has 92 valence electrons. The van der Waals surface area contributed by atoms with Crippen LogP contribution in [0, 0.1) is 6.92 Å². The van der Waals surface area contributed by atoms with Gasteiger partial charge in [-0.15, -0.1) is 0 Å². The summed E-state index contributed by atoms with van der Waals surface area (Å²) in [5.74, 6) is -0.122. The number of aryl methyl sites for hydroxylation is 2. The van der Waals surface area contributed by atoms with Gasteiger partial charge in [0.15, 0.2) is 0 Å². The van der Waals surface area contributed by atoms with Gasteiger partial charge in [-0.05, 0) is 37.1 Å². The Hall–Kier alpha value is -2.16. The Morgan fingerprint density at radius 3 is 2.67 bits per heavy atom. The van der Waals surface area contributed by atoms with Gasteiger partial charge < -0.3 is 5.32 Å². The molecule has 2 rings (SSSR count). The second-order valence-electron chi connectivity index (χ2n) is 4.15. The third-order valence-corrected chi connectivity index (χ3v) is 2.82. The van der Waals surface area contributed by atoms with Gasteiger partial charge in [0, 0.05) is 17.6 Å². The van der Waals surface area contributed by atoms with Crippen LogP contribution >= 0.6 is 0 Å². The van der Waals surface area contributed by atoms with Crippen molar-refractivity contribution in [2.75, 3.05) is 5.32 Å². The predicted octanol–water partition coefficient (Wildman–Crippen LogP) is 3.20. The van der Waals surface area contributed by atoms with E-state index in [4.69, 9.17) is 0 Å². The van der Waals surface area contributed by atoms with Gasteiger partial charge in [-0.1, -0.05) is 25.1 Å².